The van der Waals surface area contributed by atoms with Gasteiger partial charge in [-0.15, -0.1) is 0 Å². The second-order valence-electron chi connectivity index (χ2n) is 2.37. The molecule has 0 spiro atoms. The maximum absolute atomic E-state index is 11.0. The Balaban J connectivity index is 3.25. The Bertz CT molecular complexity index is 302. The van der Waals surface area contributed by atoms with E-state index in [1.165, 1.54) is 18.8 Å². The zero-order valence-electron chi connectivity index (χ0n) is 6.06. The molecule has 1 aromatic rings. The molecule has 0 fully saturated rings. The second kappa shape index (κ2) is 2.68. The van der Waals surface area contributed by atoms with Crippen LogP contribution in [0.1, 0.15) is 0 Å². The standard InChI is InChI=1S/C7H9O3P/c1-11(9,10)7-5-3-2-4-6(7)8/h2-5,8H,1H3,(H,9,10). The first-order chi connectivity index (χ1) is 5.02. The highest BCUT2D eigenvalue weighted by molar-refractivity contribution is 7.65. The summed E-state index contributed by atoms with van der Waals surface area (Å²) in [6.45, 7) is 1.20. The highest BCUT2D eigenvalue weighted by atomic mass is 31.2. The number of hydrogen-bond donors (Lipinski definition) is 2. The Morgan fingerprint density at radius 2 is 1.91 bits per heavy atom. The molecule has 0 saturated carbocycles. The lowest BCUT2D eigenvalue weighted by Gasteiger charge is -2.06. The van der Waals surface area contributed by atoms with E-state index in [1.807, 2.05) is 0 Å². The van der Waals surface area contributed by atoms with Gasteiger partial charge in [0.2, 0.25) is 7.37 Å². The lowest BCUT2D eigenvalue weighted by atomic mass is 10.3. The topological polar surface area (TPSA) is 57.5 Å². The van der Waals surface area contributed by atoms with Gasteiger partial charge in [-0.25, -0.2) is 0 Å². The summed E-state index contributed by atoms with van der Waals surface area (Å²) in [5.41, 5.74) is 0. The second-order valence-corrected chi connectivity index (χ2v) is 4.61. The number of para-hydroxylation sites is 1. The number of benzene rings is 1. The summed E-state index contributed by atoms with van der Waals surface area (Å²) in [5.74, 6) is -0.124. The minimum absolute atomic E-state index is 0.111. The predicted octanol–water partition coefficient (Wildman–Crippen LogP) is 0.918. The monoisotopic (exact) mass is 172 g/mol. The fraction of sp³-hybridized carbons (Fsp3) is 0.143. The third kappa shape index (κ3) is 1.82. The van der Waals surface area contributed by atoms with E-state index >= 15 is 0 Å². The van der Waals surface area contributed by atoms with Gasteiger partial charge in [-0.1, -0.05) is 12.1 Å². The molecular weight excluding hydrogens is 163 g/mol. The molecule has 0 bridgehead atoms. The maximum atomic E-state index is 11.0. The normalized spacial score (nSPS) is 15.8. The van der Waals surface area contributed by atoms with Crippen LogP contribution >= 0.6 is 7.37 Å². The molecule has 3 nitrogen and oxygen atoms in total. The van der Waals surface area contributed by atoms with Crippen molar-refractivity contribution in [2.45, 2.75) is 0 Å². The van der Waals surface area contributed by atoms with Crippen molar-refractivity contribution in [2.75, 3.05) is 6.66 Å². The van der Waals surface area contributed by atoms with Gasteiger partial charge in [0.25, 0.3) is 0 Å². The molecule has 0 saturated heterocycles. The minimum Gasteiger partial charge on any atom is -0.507 e. The molecule has 4 heteroatoms. The predicted molar refractivity (Wildman–Crippen MR) is 43.5 cm³/mol. The average molecular weight is 172 g/mol. The van der Waals surface area contributed by atoms with E-state index in [-0.39, 0.29) is 11.1 Å². The van der Waals surface area contributed by atoms with Crippen molar-refractivity contribution in [3.05, 3.63) is 24.3 Å². The van der Waals surface area contributed by atoms with Gasteiger partial charge in [-0.2, -0.15) is 0 Å². The summed E-state index contributed by atoms with van der Waals surface area (Å²) < 4.78 is 11.0. The molecule has 0 aliphatic heterocycles. The Kier molecular flexibility index (Phi) is 2.03. The van der Waals surface area contributed by atoms with Crippen LogP contribution in [0.4, 0.5) is 0 Å². The van der Waals surface area contributed by atoms with Gasteiger partial charge in [-0.05, 0) is 12.1 Å². The summed E-state index contributed by atoms with van der Waals surface area (Å²) >= 11 is 0. The molecule has 1 aromatic carbocycles. The first-order valence-corrected chi connectivity index (χ1v) is 5.21. The lowest BCUT2D eigenvalue weighted by molar-refractivity contribution is 0.471. The van der Waals surface area contributed by atoms with Crippen molar-refractivity contribution in [3.8, 4) is 5.75 Å². The number of phenolic OH excluding ortho intramolecular Hbond substituents is 1. The minimum atomic E-state index is -3.31. The Morgan fingerprint density at radius 3 is 2.27 bits per heavy atom. The van der Waals surface area contributed by atoms with Gasteiger partial charge in [0, 0.05) is 6.66 Å². The SMILES string of the molecule is CP(=O)(O)c1ccccc1O. The van der Waals surface area contributed by atoms with Crippen LogP contribution in [0.5, 0.6) is 5.75 Å². The van der Waals surface area contributed by atoms with E-state index < -0.39 is 7.37 Å². The van der Waals surface area contributed by atoms with Gasteiger partial charge >= 0.3 is 0 Å². The van der Waals surface area contributed by atoms with Crippen molar-refractivity contribution in [1.29, 1.82) is 0 Å². The van der Waals surface area contributed by atoms with Crippen molar-refractivity contribution in [2.24, 2.45) is 0 Å². The Labute approximate surface area is 64.8 Å². The molecule has 60 valence electrons. The lowest BCUT2D eigenvalue weighted by Crippen LogP contribution is -2.02. The first-order valence-electron chi connectivity index (χ1n) is 3.10. The van der Waals surface area contributed by atoms with E-state index in [9.17, 15) is 4.57 Å². The maximum Gasteiger partial charge on any atom is 0.230 e. The highest BCUT2D eigenvalue weighted by Crippen LogP contribution is 2.36. The Hall–Kier alpha value is -0.790. The van der Waals surface area contributed by atoms with E-state index in [1.54, 1.807) is 12.1 Å². The molecule has 0 heterocycles. The highest BCUT2D eigenvalue weighted by Gasteiger charge is 2.16. The molecule has 11 heavy (non-hydrogen) atoms. The van der Waals surface area contributed by atoms with Crippen molar-refractivity contribution in [3.63, 3.8) is 0 Å². The molecule has 2 N–H and O–H groups in total. The van der Waals surface area contributed by atoms with Crippen LogP contribution in [-0.2, 0) is 4.57 Å². The van der Waals surface area contributed by atoms with Gasteiger partial charge in [0.15, 0.2) is 0 Å². The number of hydrogen-bond acceptors (Lipinski definition) is 2. The van der Waals surface area contributed by atoms with Crippen LogP contribution in [0, 0.1) is 0 Å². The fourth-order valence-electron chi connectivity index (χ4n) is 0.815. The van der Waals surface area contributed by atoms with Gasteiger partial charge in [0.1, 0.15) is 5.75 Å². The zero-order valence-corrected chi connectivity index (χ0v) is 6.95. The van der Waals surface area contributed by atoms with Crippen LogP contribution in [0.2, 0.25) is 0 Å². The summed E-state index contributed by atoms with van der Waals surface area (Å²) in [7, 11) is -3.31. The van der Waals surface area contributed by atoms with Crippen molar-refractivity contribution in [1.82, 2.24) is 0 Å². The molecule has 0 aliphatic carbocycles. The number of phenols is 1. The third-order valence-electron chi connectivity index (χ3n) is 1.33. The molecule has 0 aliphatic rings. The van der Waals surface area contributed by atoms with Crippen LogP contribution in [-0.4, -0.2) is 16.7 Å². The van der Waals surface area contributed by atoms with Crippen molar-refractivity contribution >= 4 is 12.7 Å². The molecule has 1 atom stereocenters. The summed E-state index contributed by atoms with van der Waals surface area (Å²) in [6.07, 6.45) is 0. The zero-order chi connectivity index (χ0) is 8.48. The number of rotatable bonds is 1. The summed E-state index contributed by atoms with van der Waals surface area (Å²) in [5, 5.41) is 9.23. The molecule has 0 aromatic heterocycles. The molecule has 0 radical (unpaired) electrons. The van der Waals surface area contributed by atoms with E-state index in [4.69, 9.17) is 10.00 Å². The van der Waals surface area contributed by atoms with Crippen molar-refractivity contribution < 1.29 is 14.6 Å². The molecular formula is C7H9O3P. The summed E-state index contributed by atoms with van der Waals surface area (Å²) in [4.78, 5) is 9.07. The molecule has 0 amide bonds. The van der Waals surface area contributed by atoms with E-state index in [0.29, 0.717) is 0 Å². The van der Waals surface area contributed by atoms with Gasteiger partial charge in [0.05, 0.1) is 5.30 Å². The van der Waals surface area contributed by atoms with Crippen LogP contribution in [0.3, 0.4) is 0 Å². The fourth-order valence-corrected chi connectivity index (χ4v) is 1.68. The Morgan fingerprint density at radius 1 is 1.36 bits per heavy atom. The smallest absolute Gasteiger partial charge is 0.230 e. The molecule has 1 rings (SSSR count). The van der Waals surface area contributed by atoms with Gasteiger partial charge < -0.3 is 10.00 Å². The number of aromatic hydroxyl groups is 1. The third-order valence-corrected chi connectivity index (χ3v) is 2.60. The van der Waals surface area contributed by atoms with Gasteiger partial charge in [-0.3, -0.25) is 4.57 Å². The van der Waals surface area contributed by atoms with E-state index in [0.717, 1.165) is 0 Å². The van der Waals surface area contributed by atoms with Crippen LogP contribution in [0.15, 0.2) is 24.3 Å². The van der Waals surface area contributed by atoms with E-state index in [2.05, 4.69) is 0 Å². The molecule has 1 unspecified atom stereocenters. The quantitative estimate of drug-likeness (QED) is 0.619. The first kappa shape index (κ1) is 8.31. The van der Waals surface area contributed by atoms with Crippen LogP contribution in [0.25, 0.3) is 0 Å². The van der Waals surface area contributed by atoms with Crippen LogP contribution < -0.4 is 5.30 Å². The largest absolute Gasteiger partial charge is 0.507 e. The summed E-state index contributed by atoms with van der Waals surface area (Å²) in [6, 6.07) is 6.05. The average Bonchev–Trinajstić information content (AvgIpc) is 1.86.